The Labute approximate surface area is 214 Å². The van der Waals surface area contributed by atoms with Crippen LogP contribution in [0.3, 0.4) is 0 Å². The minimum Gasteiger partial charge on any atom is -0.336 e. The van der Waals surface area contributed by atoms with Crippen LogP contribution in [0.15, 0.2) is 83.8 Å². The van der Waals surface area contributed by atoms with Gasteiger partial charge in [0.15, 0.2) is 0 Å². The zero-order valence-corrected chi connectivity index (χ0v) is 20.7. The van der Waals surface area contributed by atoms with E-state index in [1.54, 1.807) is 4.90 Å². The molecule has 3 aromatic rings. The molecular formula is C25H25ClF3N3O3S. The second-order valence-electron chi connectivity index (χ2n) is 8.27. The highest BCUT2D eigenvalue weighted by Gasteiger charge is 2.31. The molecule has 0 radical (unpaired) electrons. The van der Waals surface area contributed by atoms with Crippen LogP contribution in [0.2, 0.25) is 0 Å². The molecule has 11 heteroatoms. The normalized spacial score (nSPS) is 14.7. The van der Waals surface area contributed by atoms with Gasteiger partial charge in [-0.1, -0.05) is 42.5 Å². The summed E-state index contributed by atoms with van der Waals surface area (Å²) in [5.41, 5.74) is 0.214. The zero-order chi connectivity index (χ0) is 25.1. The summed E-state index contributed by atoms with van der Waals surface area (Å²) in [6.07, 6.45) is -4.60. The van der Waals surface area contributed by atoms with Crippen LogP contribution in [0.25, 0.3) is 0 Å². The lowest BCUT2D eigenvalue weighted by molar-refractivity contribution is -0.137. The number of rotatable bonds is 6. The topological polar surface area (TPSA) is 69.7 Å². The van der Waals surface area contributed by atoms with Crippen molar-refractivity contribution in [3.8, 4) is 0 Å². The number of piperazine rings is 1. The number of anilines is 1. The maximum absolute atomic E-state index is 13.0. The Morgan fingerprint density at radius 1 is 0.861 bits per heavy atom. The molecule has 3 aromatic carbocycles. The van der Waals surface area contributed by atoms with Gasteiger partial charge >= 0.3 is 6.18 Å². The molecule has 192 valence electrons. The van der Waals surface area contributed by atoms with Crippen molar-refractivity contribution >= 4 is 34.0 Å². The quantitative estimate of drug-likeness (QED) is 0.484. The van der Waals surface area contributed by atoms with E-state index in [4.69, 9.17) is 0 Å². The third-order valence-corrected chi connectivity index (χ3v) is 7.12. The van der Waals surface area contributed by atoms with Crippen molar-refractivity contribution < 1.29 is 26.4 Å². The average Bonchev–Trinajstić information content (AvgIpc) is 2.84. The van der Waals surface area contributed by atoms with E-state index in [2.05, 4.69) is 21.8 Å². The summed E-state index contributed by atoms with van der Waals surface area (Å²) < 4.78 is 66.6. The zero-order valence-electron chi connectivity index (χ0n) is 19.1. The van der Waals surface area contributed by atoms with Gasteiger partial charge in [0.25, 0.3) is 15.9 Å². The molecule has 6 nitrogen and oxygen atoms in total. The summed E-state index contributed by atoms with van der Waals surface area (Å²) in [6.45, 7) is 3.18. The van der Waals surface area contributed by atoms with Gasteiger partial charge in [0, 0.05) is 44.0 Å². The minimum atomic E-state index is -4.60. The molecule has 0 unspecified atom stereocenters. The number of alkyl halides is 3. The van der Waals surface area contributed by atoms with E-state index >= 15 is 0 Å². The average molecular weight is 540 g/mol. The predicted octanol–water partition coefficient (Wildman–Crippen LogP) is 4.89. The molecule has 0 spiro atoms. The van der Waals surface area contributed by atoms with Crippen LogP contribution < -0.4 is 4.72 Å². The predicted molar refractivity (Wildman–Crippen MR) is 134 cm³/mol. The van der Waals surface area contributed by atoms with Crippen molar-refractivity contribution in [2.75, 3.05) is 30.9 Å². The number of carbonyl (C=O) groups excluding carboxylic acids is 1. The molecule has 0 aromatic heterocycles. The highest BCUT2D eigenvalue weighted by Crippen LogP contribution is 2.31. The van der Waals surface area contributed by atoms with Gasteiger partial charge < -0.3 is 4.90 Å². The number of sulfonamides is 1. The van der Waals surface area contributed by atoms with Crippen molar-refractivity contribution in [1.29, 1.82) is 0 Å². The Morgan fingerprint density at radius 3 is 2.19 bits per heavy atom. The van der Waals surface area contributed by atoms with Gasteiger partial charge in [-0.05, 0) is 42.0 Å². The Bertz CT molecular complexity index is 1300. The van der Waals surface area contributed by atoms with Crippen molar-refractivity contribution in [3.05, 3.63) is 95.6 Å². The van der Waals surface area contributed by atoms with Gasteiger partial charge in [-0.25, -0.2) is 8.42 Å². The van der Waals surface area contributed by atoms with E-state index in [1.807, 2.05) is 18.2 Å². The van der Waals surface area contributed by atoms with Crippen LogP contribution in [-0.2, 0) is 22.7 Å². The minimum absolute atomic E-state index is 0. The van der Waals surface area contributed by atoms with E-state index < -0.39 is 21.8 Å². The van der Waals surface area contributed by atoms with Gasteiger partial charge in [-0.3, -0.25) is 14.4 Å². The van der Waals surface area contributed by atoms with Crippen LogP contribution in [0, 0.1) is 0 Å². The summed E-state index contributed by atoms with van der Waals surface area (Å²) in [4.78, 5) is 16.7. The molecule has 1 saturated heterocycles. The van der Waals surface area contributed by atoms with Crippen LogP contribution in [0.1, 0.15) is 21.5 Å². The number of nitrogens with zero attached hydrogens (tertiary/aromatic N) is 2. The van der Waals surface area contributed by atoms with Gasteiger partial charge in [-0.15, -0.1) is 12.4 Å². The lowest BCUT2D eigenvalue weighted by Crippen LogP contribution is -2.48. The first-order valence-corrected chi connectivity index (χ1v) is 12.5. The van der Waals surface area contributed by atoms with Crippen LogP contribution >= 0.6 is 12.4 Å². The molecule has 1 aliphatic rings. The fourth-order valence-electron chi connectivity index (χ4n) is 3.90. The summed E-state index contributed by atoms with van der Waals surface area (Å²) in [6, 6.07) is 19.5. The first-order valence-electron chi connectivity index (χ1n) is 11.0. The Balaban J connectivity index is 0.00000361. The third kappa shape index (κ3) is 6.77. The van der Waals surface area contributed by atoms with E-state index in [0.29, 0.717) is 26.2 Å². The van der Waals surface area contributed by atoms with Crippen LogP contribution in [0.5, 0.6) is 0 Å². The van der Waals surface area contributed by atoms with E-state index in [1.165, 1.54) is 35.9 Å². The highest BCUT2D eigenvalue weighted by molar-refractivity contribution is 7.92. The molecular weight excluding hydrogens is 515 g/mol. The summed E-state index contributed by atoms with van der Waals surface area (Å²) in [5, 5.41) is 0. The number of benzene rings is 3. The lowest BCUT2D eigenvalue weighted by Gasteiger charge is -2.34. The van der Waals surface area contributed by atoms with E-state index in [0.717, 1.165) is 24.7 Å². The second-order valence-corrected chi connectivity index (χ2v) is 9.95. The molecule has 0 bridgehead atoms. The van der Waals surface area contributed by atoms with Gasteiger partial charge in [0.1, 0.15) is 0 Å². The number of halogens is 4. The van der Waals surface area contributed by atoms with Crippen LogP contribution in [-0.4, -0.2) is 50.3 Å². The highest BCUT2D eigenvalue weighted by atomic mass is 35.5. The smallest absolute Gasteiger partial charge is 0.336 e. The molecule has 1 aliphatic heterocycles. The number of carbonyl (C=O) groups is 1. The van der Waals surface area contributed by atoms with E-state index in [-0.39, 0.29) is 34.5 Å². The molecule has 0 saturated carbocycles. The molecule has 1 amide bonds. The first kappa shape index (κ1) is 27.5. The van der Waals surface area contributed by atoms with Crippen molar-refractivity contribution in [2.24, 2.45) is 0 Å². The standard InChI is InChI=1S/C25H24F3N3O3S.ClH/c26-25(27,28)21-9-5-10-22(17-21)29-35(33,34)23-11-4-8-20(16-23)24(32)31-14-12-30(13-15-31)18-19-6-2-1-3-7-19;/h1-11,16-17,29H,12-15,18H2;1H. The summed E-state index contributed by atoms with van der Waals surface area (Å²) in [7, 11) is -4.20. The largest absolute Gasteiger partial charge is 0.416 e. The molecule has 1 fully saturated rings. The van der Waals surface area contributed by atoms with Crippen molar-refractivity contribution in [3.63, 3.8) is 0 Å². The van der Waals surface area contributed by atoms with Gasteiger partial charge in [-0.2, -0.15) is 13.2 Å². The maximum atomic E-state index is 13.0. The van der Waals surface area contributed by atoms with E-state index in [9.17, 15) is 26.4 Å². The SMILES string of the molecule is Cl.O=C(c1cccc(S(=O)(=O)Nc2cccc(C(F)(F)F)c2)c1)N1CCN(Cc2ccccc2)CC1. The number of hydrogen-bond acceptors (Lipinski definition) is 4. The maximum Gasteiger partial charge on any atom is 0.416 e. The summed E-state index contributed by atoms with van der Waals surface area (Å²) in [5.74, 6) is -0.291. The molecule has 36 heavy (non-hydrogen) atoms. The first-order chi connectivity index (χ1) is 16.6. The van der Waals surface area contributed by atoms with Crippen molar-refractivity contribution in [1.82, 2.24) is 9.80 Å². The molecule has 4 rings (SSSR count). The Morgan fingerprint density at radius 2 is 1.53 bits per heavy atom. The molecule has 1 N–H and O–H groups in total. The monoisotopic (exact) mass is 539 g/mol. The fraction of sp³-hybridized carbons (Fsp3) is 0.240. The second kappa shape index (κ2) is 11.3. The third-order valence-electron chi connectivity index (χ3n) is 5.74. The van der Waals surface area contributed by atoms with Crippen LogP contribution in [0.4, 0.5) is 18.9 Å². The Kier molecular flexibility index (Phi) is 8.65. The van der Waals surface area contributed by atoms with Crippen molar-refractivity contribution in [2.45, 2.75) is 17.6 Å². The molecule has 1 heterocycles. The number of hydrogen-bond donors (Lipinski definition) is 1. The van der Waals surface area contributed by atoms with Gasteiger partial charge in [0.2, 0.25) is 0 Å². The lowest BCUT2D eigenvalue weighted by atomic mass is 10.1. The summed E-state index contributed by atoms with van der Waals surface area (Å²) >= 11 is 0. The van der Waals surface area contributed by atoms with Gasteiger partial charge in [0.05, 0.1) is 10.5 Å². The Hall–Kier alpha value is -3.08. The number of nitrogens with one attached hydrogen (secondary N) is 1. The molecule has 0 atom stereocenters. The number of amides is 1. The fourth-order valence-corrected chi connectivity index (χ4v) is 5.00. The molecule has 0 aliphatic carbocycles.